The van der Waals surface area contributed by atoms with E-state index in [4.69, 9.17) is 21.1 Å². The highest BCUT2D eigenvalue weighted by Crippen LogP contribution is 2.20. The summed E-state index contributed by atoms with van der Waals surface area (Å²) in [6.45, 7) is -0.458. The van der Waals surface area contributed by atoms with E-state index in [1.165, 1.54) is 17.4 Å². The number of carboxylic acids is 2. The van der Waals surface area contributed by atoms with Crippen LogP contribution < -0.4 is 16.4 Å². The Morgan fingerprint density at radius 3 is 2.50 bits per heavy atom. The van der Waals surface area contributed by atoms with Crippen molar-refractivity contribution in [3.63, 3.8) is 0 Å². The van der Waals surface area contributed by atoms with Crippen LogP contribution in [0.3, 0.4) is 0 Å². The van der Waals surface area contributed by atoms with Crippen molar-refractivity contribution in [3.05, 3.63) is 18.2 Å². The fraction of sp³-hybridized carbons (Fsp3) is 0.556. The summed E-state index contributed by atoms with van der Waals surface area (Å²) >= 11 is 0. The molecule has 0 spiro atoms. The van der Waals surface area contributed by atoms with Crippen LogP contribution in [0.15, 0.2) is 12.5 Å². The first kappa shape index (κ1) is 24.7. The summed E-state index contributed by atoms with van der Waals surface area (Å²) in [4.78, 5) is 68.0. The Bertz CT molecular complexity index is 845. The zero-order valence-electron chi connectivity index (χ0n) is 17.1. The number of nitrogens with zero attached hydrogens (tertiary/aromatic N) is 2. The lowest BCUT2D eigenvalue weighted by Gasteiger charge is -2.29. The number of aromatic amines is 1. The fourth-order valence-corrected chi connectivity index (χ4v) is 3.32. The molecule has 8 N–H and O–H groups in total. The number of aliphatic hydroxyl groups excluding tert-OH is 1. The van der Waals surface area contributed by atoms with Crippen LogP contribution in [0.4, 0.5) is 0 Å². The molecule has 2 heterocycles. The molecule has 3 amide bonds. The number of hydrogen-bond acceptors (Lipinski definition) is 8. The number of aromatic nitrogens is 2. The zero-order valence-corrected chi connectivity index (χ0v) is 17.1. The molecule has 0 saturated carbocycles. The Kier molecular flexibility index (Phi) is 8.66. The Balaban J connectivity index is 2.17. The largest absolute Gasteiger partial charge is 0.481 e. The van der Waals surface area contributed by atoms with E-state index in [9.17, 15) is 24.0 Å². The number of carbonyl (C=O) groups is 5. The number of aliphatic hydroxyl groups is 1. The average molecular weight is 454 g/mol. The first-order valence-corrected chi connectivity index (χ1v) is 9.83. The van der Waals surface area contributed by atoms with E-state index in [0.717, 1.165) is 0 Å². The van der Waals surface area contributed by atoms with Crippen LogP contribution in [-0.2, 0) is 30.4 Å². The lowest BCUT2D eigenvalue weighted by atomic mass is 10.1. The number of nitrogens with one attached hydrogen (secondary N) is 3. The van der Waals surface area contributed by atoms with Gasteiger partial charge in [-0.05, 0) is 12.8 Å². The molecular formula is C18H26N6O8. The number of nitrogens with two attached hydrogens (primary N) is 1. The minimum Gasteiger partial charge on any atom is -0.481 e. The first-order valence-electron chi connectivity index (χ1n) is 9.83. The van der Waals surface area contributed by atoms with Crippen molar-refractivity contribution in [2.75, 3.05) is 13.2 Å². The van der Waals surface area contributed by atoms with Gasteiger partial charge in [0.25, 0.3) is 0 Å². The smallest absolute Gasteiger partial charge is 0.326 e. The highest BCUT2D eigenvalue weighted by Gasteiger charge is 2.39. The van der Waals surface area contributed by atoms with Gasteiger partial charge in [0.2, 0.25) is 17.7 Å². The molecule has 1 aromatic heterocycles. The zero-order chi connectivity index (χ0) is 23.8. The molecule has 32 heavy (non-hydrogen) atoms. The second-order valence-corrected chi connectivity index (χ2v) is 7.32. The van der Waals surface area contributed by atoms with Crippen molar-refractivity contribution < 1.29 is 39.3 Å². The Morgan fingerprint density at radius 1 is 1.22 bits per heavy atom. The summed E-state index contributed by atoms with van der Waals surface area (Å²) in [6, 6.07) is -5.08. The van der Waals surface area contributed by atoms with E-state index in [1.54, 1.807) is 0 Å². The molecule has 14 heteroatoms. The molecular weight excluding hydrogens is 428 g/mol. The van der Waals surface area contributed by atoms with Crippen LogP contribution in [0, 0.1) is 0 Å². The lowest BCUT2D eigenvalue weighted by Crippen LogP contribution is -2.57. The van der Waals surface area contributed by atoms with E-state index >= 15 is 0 Å². The molecule has 14 nitrogen and oxygen atoms in total. The van der Waals surface area contributed by atoms with E-state index < -0.39 is 66.9 Å². The van der Waals surface area contributed by atoms with Crippen molar-refractivity contribution in [1.29, 1.82) is 0 Å². The Labute approximate surface area is 182 Å². The van der Waals surface area contributed by atoms with Crippen LogP contribution in [0.5, 0.6) is 0 Å². The van der Waals surface area contributed by atoms with Crippen molar-refractivity contribution in [2.24, 2.45) is 5.73 Å². The molecule has 0 bridgehead atoms. The lowest BCUT2D eigenvalue weighted by molar-refractivity contribution is -0.148. The highest BCUT2D eigenvalue weighted by atomic mass is 16.4. The Morgan fingerprint density at radius 2 is 1.94 bits per heavy atom. The van der Waals surface area contributed by atoms with Gasteiger partial charge in [0.15, 0.2) is 0 Å². The van der Waals surface area contributed by atoms with Crippen LogP contribution in [-0.4, -0.2) is 97.2 Å². The third-order valence-electron chi connectivity index (χ3n) is 4.96. The number of carbonyl (C=O) groups excluding carboxylic acids is 3. The maximum absolute atomic E-state index is 13.2. The van der Waals surface area contributed by atoms with Gasteiger partial charge in [0, 0.05) is 24.9 Å². The van der Waals surface area contributed by atoms with E-state index in [0.29, 0.717) is 12.1 Å². The van der Waals surface area contributed by atoms with Crippen LogP contribution in [0.1, 0.15) is 25.0 Å². The summed E-state index contributed by atoms with van der Waals surface area (Å²) in [5.41, 5.74) is 6.04. The van der Waals surface area contributed by atoms with Crippen LogP contribution >= 0.6 is 0 Å². The molecule has 1 aliphatic rings. The Hall–Kier alpha value is -3.52. The summed E-state index contributed by atoms with van der Waals surface area (Å²) in [5.74, 6) is -5.10. The SMILES string of the molecule is NC(CO)C(=O)NC(Cc1cnc[nH]1)C(=O)N1CCCC1C(=O)NC(CC(=O)O)C(=O)O. The van der Waals surface area contributed by atoms with E-state index in [-0.39, 0.29) is 19.4 Å². The van der Waals surface area contributed by atoms with Gasteiger partial charge in [-0.15, -0.1) is 0 Å². The number of hydrogen-bond donors (Lipinski definition) is 7. The summed E-state index contributed by atoms with van der Waals surface area (Å²) in [5, 5.41) is 31.7. The summed E-state index contributed by atoms with van der Waals surface area (Å²) in [7, 11) is 0. The van der Waals surface area contributed by atoms with Crippen molar-refractivity contribution in [3.8, 4) is 0 Å². The molecule has 0 aliphatic carbocycles. The van der Waals surface area contributed by atoms with Gasteiger partial charge >= 0.3 is 11.9 Å². The van der Waals surface area contributed by atoms with Gasteiger partial charge < -0.3 is 41.6 Å². The first-order chi connectivity index (χ1) is 15.1. The van der Waals surface area contributed by atoms with Gasteiger partial charge in [-0.2, -0.15) is 0 Å². The van der Waals surface area contributed by atoms with Crippen LogP contribution in [0.2, 0.25) is 0 Å². The highest BCUT2D eigenvalue weighted by molar-refractivity contribution is 5.95. The molecule has 0 radical (unpaired) electrons. The predicted octanol–water partition coefficient (Wildman–Crippen LogP) is -3.21. The van der Waals surface area contributed by atoms with Gasteiger partial charge in [0.05, 0.1) is 19.4 Å². The molecule has 1 aromatic rings. The number of imidazole rings is 1. The second kappa shape index (κ2) is 11.2. The van der Waals surface area contributed by atoms with Crippen molar-refractivity contribution in [1.82, 2.24) is 25.5 Å². The molecule has 4 atom stereocenters. The average Bonchev–Trinajstić information content (AvgIpc) is 3.43. The van der Waals surface area contributed by atoms with Crippen molar-refractivity contribution in [2.45, 2.75) is 49.9 Å². The van der Waals surface area contributed by atoms with Gasteiger partial charge in [0.1, 0.15) is 24.2 Å². The second-order valence-electron chi connectivity index (χ2n) is 7.32. The topological polar surface area (TPSA) is 228 Å². The minimum atomic E-state index is -1.65. The molecule has 1 aliphatic heterocycles. The van der Waals surface area contributed by atoms with Crippen LogP contribution in [0.25, 0.3) is 0 Å². The molecule has 0 aromatic carbocycles. The van der Waals surface area contributed by atoms with Gasteiger partial charge in [-0.3, -0.25) is 19.2 Å². The van der Waals surface area contributed by atoms with Gasteiger partial charge in [-0.1, -0.05) is 0 Å². The quantitative estimate of drug-likeness (QED) is 0.177. The normalized spacial score (nSPS) is 18.4. The molecule has 1 saturated heterocycles. The number of amides is 3. The molecule has 176 valence electrons. The summed E-state index contributed by atoms with van der Waals surface area (Å²) in [6.07, 6.45) is 2.71. The molecule has 2 rings (SSSR count). The number of rotatable bonds is 11. The number of aliphatic carboxylic acids is 2. The molecule has 4 unspecified atom stereocenters. The third kappa shape index (κ3) is 6.49. The number of H-pyrrole nitrogens is 1. The molecule has 1 fully saturated rings. The van der Waals surface area contributed by atoms with E-state index in [2.05, 4.69) is 20.6 Å². The van der Waals surface area contributed by atoms with Crippen molar-refractivity contribution >= 4 is 29.7 Å². The third-order valence-corrected chi connectivity index (χ3v) is 4.96. The number of carboxylic acid groups (broad SMARTS) is 2. The minimum absolute atomic E-state index is 0.00429. The number of likely N-dealkylation sites (tertiary alicyclic amines) is 1. The maximum atomic E-state index is 13.2. The van der Waals surface area contributed by atoms with E-state index in [1.807, 2.05) is 0 Å². The maximum Gasteiger partial charge on any atom is 0.326 e. The monoisotopic (exact) mass is 454 g/mol. The van der Waals surface area contributed by atoms with Gasteiger partial charge in [-0.25, -0.2) is 9.78 Å². The predicted molar refractivity (Wildman–Crippen MR) is 106 cm³/mol. The standard InChI is InChI=1S/C18H26N6O8/c19-10(7-25)15(28)22-11(4-9-6-20-8-21-9)17(30)24-3-1-2-13(24)16(29)23-12(18(31)32)5-14(26)27/h6,8,10-13,25H,1-5,7,19H2,(H,20,21)(H,22,28)(H,23,29)(H,26,27)(H,31,32). The fourth-order valence-electron chi connectivity index (χ4n) is 3.32. The summed E-state index contributed by atoms with van der Waals surface area (Å²) < 4.78 is 0.